The van der Waals surface area contributed by atoms with Gasteiger partial charge in [0.25, 0.3) is 0 Å². The van der Waals surface area contributed by atoms with Crippen LogP contribution in [0.3, 0.4) is 0 Å². The lowest BCUT2D eigenvalue weighted by atomic mass is 10.1. The second-order valence-electron chi connectivity index (χ2n) is 5.07. The van der Waals surface area contributed by atoms with E-state index in [0.29, 0.717) is 19.0 Å². The molecule has 0 aliphatic carbocycles. The number of methoxy groups -OCH3 is 1. The molecule has 0 spiro atoms. The molecule has 112 valence electrons. The van der Waals surface area contributed by atoms with Crippen molar-refractivity contribution in [3.63, 3.8) is 0 Å². The van der Waals surface area contributed by atoms with Gasteiger partial charge in [-0.25, -0.2) is 8.42 Å². The molecule has 1 heterocycles. The fraction of sp³-hybridized carbons (Fsp3) is 0.571. The van der Waals surface area contributed by atoms with Crippen LogP contribution in [-0.4, -0.2) is 39.0 Å². The Morgan fingerprint density at radius 1 is 1.40 bits per heavy atom. The Kier molecular flexibility index (Phi) is 5.43. The Bertz CT molecular complexity index is 547. The molecule has 1 fully saturated rings. The third-order valence-corrected chi connectivity index (χ3v) is 5.69. The Hall–Kier alpha value is -0.620. The maximum Gasteiger partial charge on any atom is 0.218 e. The average Bonchev–Trinajstić information content (AvgIpc) is 2.47. The number of nitrogens with zero attached hydrogens (tertiary/aromatic N) is 1. The number of halogens is 1. The van der Waals surface area contributed by atoms with Gasteiger partial charge in [-0.3, -0.25) is 0 Å². The molecule has 0 amide bonds. The van der Waals surface area contributed by atoms with Crippen LogP contribution >= 0.6 is 11.6 Å². The summed E-state index contributed by atoms with van der Waals surface area (Å²) < 4.78 is 31.7. The van der Waals surface area contributed by atoms with E-state index >= 15 is 0 Å². The first kappa shape index (κ1) is 15.8. The summed E-state index contributed by atoms with van der Waals surface area (Å²) in [4.78, 5) is 0. The largest absolute Gasteiger partial charge is 0.380 e. The average molecular weight is 318 g/mol. The Morgan fingerprint density at radius 3 is 2.85 bits per heavy atom. The summed E-state index contributed by atoms with van der Waals surface area (Å²) in [6.45, 7) is 1.03. The minimum atomic E-state index is -3.29. The van der Waals surface area contributed by atoms with Crippen LogP contribution in [0.25, 0.3) is 0 Å². The van der Waals surface area contributed by atoms with E-state index in [4.69, 9.17) is 16.3 Å². The van der Waals surface area contributed by atoms with Crippen molar-refractivity contribution in [3.05, 3.63) is 35.4 Å². The van der Waals surface area contributed by atoms with Gasteiger partial charge in [0.15, 0.2) is 0 Å². The fourth-order valence-electron chi connectivity index (χ4n) is 2.45. The number of sulfonamides is 1. The molecule has 0 radical (unpaired) electrons. The first-order valence-electron chi connectivity index (χ1n) is 6.69. The standard InChI is InChI=1S/C14H20ClNO3S/c1-19-14-6-3-7-16(10-14)20(17,18)11-13-5-2-4-12(8-13)9-15/h2,4-5,8,14H,3,6-7,9-11H2,1H3. The zero-order chi connectivity index (χ0) is 14.6. The summed E-state index contributed by atoms with van der Waals surface area (Å²) in [7, 11) is -1.66. The van der Waals surface area contributed by atoms with Crippen LogP contribution in [-0.2, 0) is 26.4 Å². The highest BCUT2D eigenvalue weighted by Gasteiger charge is 2.28. The molecule has 1 saturated heterocycles. The van der Waals surface area contributed by atoms with Crippen LogP contribution in [0.4, 0.5) is 0 Å². The summed E-state index contributed by atoms with van der Waals surface area (Å²) in [5.41, 5.74) is 1.72. The number of hydrogen-bond acceptors (Lipinski definition) is 3. The van der Waals surface area contributed by atoms with Gasteiger partial charge in [0.05, 0.1) is 11.9 Å². The van der Waals surface area contributed by atoms with Crippen LogP contribution in [0.5, 0.6) is 0 Å². The van der Waals surface area contributed by atoms with E-state index in [-0.39, 0.29) is 11.9 Å². The lowest BCUT2D eigenvalue weighted by Gasteiger charge is -2.31. The molecular weight excluding hydrogens is 298 g/mol. The number of hydrogen-bond donors (Lipinski definition) is 0. The summed E-state index contributed by atoms with van der Waals surface area (Å²) in [6, 6.07) is 7.41. The van der Waals surface area contributed by atoms with E-state index in [0.717, 1.165) is 24.0 Å². The first-order valence-corrected chi connectivity index (χ1v) is 8.84. The van der Waals surface area contributed by atoms with Gasteiger partial charge in [0, 0.05) is 26.1 Å². The van der Waals surface area contributed by atoms with Gasteiger partial charge in [-0.05, 0) is 24.0 Å². The first-order chi connectivity index (χ1) is 9.55. The Labute approximate surface area is 125 Å². The smallest absolute Gasteiger partial charge is 0.218 e. The number of rotatable bonds is 5. The molecule has 0 aromatic heterocycles. The van der Waals surface area contributed by atoms with Gasteiger partial charge < -0.3 is 4.74 Å². The summed E-state index contributed by atoms with van der Waals surface area (Å²) >= 11 is 5.78. The Balaban J connectivity index is 2.10. The molecule has 0 N–H and O–H groups in total. The van der Waals surface area contributed by atoms with Crippen molar-refractivity contribution in [2.24, 2.45) is 0 Å². The monoisotopic (exact) mass is 317 g/mol. The normalized spacial score (nSPS) is 21.0. The fourth-order valence-corrected chi connectivity index (χ4v) is 4.20. The highest BCUT2D eigenvalue weighted by Crippen LogP contribution is 2.19. The lowest BCUT2D eigenvalue weighted by molar-refractivity contribution is 0.0571. The highest BCUT2D eigenvalue weighted by atomic mass is 35.5. The molecule has 1 aromatic rings. The third-order valence-electron chi connectivity index (χ3n) is 3.56. The SMILES string of the molecule is COC1CCCN(S(=O)(=O)Cc2cccc(CCl)c2)C1. The molecular formula is C14H20ClNO3S. The van der Waals surface area contributed by atoms with Gasteiger partial charge in [-0.1, -0.05) is 24.3 Å². The van der Waals surface area contributed by atoms with E-state index in [1.165, 1.54) is 4.31 Å². The van der Waals surface area contributed by atoms with Gasteiger partial charge >= 0.3 is 0 Å². The molecule has 0 bridgehead atoms. The second kappa shape index (κ2) is 6.89. The zero-order valence-electron chi connectivity index (χ0n) is 11.6. The van der Waals surface area contributed by atoms with E-state index in [9.17, 15) is 8.42 Å². The molecule has 1 aliphatic rings. The van der Waals surface area contributed by atoms with E-state index < -0.39 is 10.0 Å². The van der Waals surface area contributed by atoms with Gasteiger partial charge in [-0.15, -0.1) is 11.6 Å². The number of alkyl halides is 1. The molecule has 0 saturated carbocycles. The van der Waals surface area contributed by atoms with Crippen molar-refractivity contribution >= 4 is 21.6 Å². The lowest BCUT2D eigenvalue weighted by Crippen LogP contribution is -2.43. The highest BCUT2D eigenvalue weighted by molar-refractivity contribution is 7.88. The van der Waals surface area contributed by atoms with Gasteiger partial charge in [-0.2, -0.15) is 4.31 Å². The summed E-state index contributed by atoms with van der Waals surface area (Å²) in [5, 5.41) is 0. The van der Waals surface area contributed by atoms with Crippen molar-refractivity contribution in [3.8, 4) is 0 Å². The molecule has 1 aliphatic heterocycles. The minimum Gasteiger partial charge on any atom is -0.380 e. The zero-order valence-corrected chi connectivity index (χ0v) is 13.2. The molecule has 1 atom stereocenters. The van der Waals surface area contributed by atoms with Crippen LogP contribution in [0.2, 0.25) is 0 Å². The maximum atomic E-state index is 12.5. The summed E-state index contributed by atoms with van der Waals surface area (Å²) in [5.74, 6) is 0.414. The Morgan fingerprint density at radius 2 is 2.15 bits per heavy atom. The van der Waals surface area contributed by atoms with Crippen LogP contribution < -0.4 is 0 Å². The van der Waals surface area contributed by atoms with E-state index in [1.807, 2.05) is 24.3 Å². The predicted octanol–water partition coefficient (Wildman–Crippen LogP) is 2.37. The molecule has 2 rings (SSSR count). The van der Waals surface area contributed by atoms with Gasteiger partial charge in [0.1, 0.15) is 0 Å². The number of piperidine rings is 1. The van der Waals surface area contributed by atoms with Crippen molar-refractivity contribution in [2.75, 3.05) is 20.2 Å². The van der Waals surface area contributed by atoms with Crippen molar-refractivity contribution in [1.29, 1.82) is 0 Å². The quantitative estimate of drug-likeness (QED) is 0.783. The molecule has 6 heteroatoms. The minimum absolute atomic E-state index is 0.00713. The van der Waals surface area contributed by atoms with Crippen LogP contribution in [0, 0.1) is 0 Å². The van der Waals surface area contributed by atoms with Crippen molar-refractivity contribution in [2.45, 2.75) is 30.6 Å². The second-order valence-corrected chi connectivity index (χ2v) is 7.30. The maximum absolute atomic E-state index is 12.5. The van der Waals surface area contributed by atoms with Crippen LogP contribution in [0.1, 0.15) is 24.0 Å². The molecule has 1 unspecified atom stereocenters. The molecule has 20 heavy (non-hydrogen) atoms. The number of ether oxygens (including phenoxy) is 1. The molecule has 4 nitrogen and oxygen atoms in total. The van der Waals surface area contributed by atoms with Crippen LogP contribution in [0.15, 0.2) is 24.3 Å². The summed E-state index contributed by atoms with van der Waals surface area (Å²) in [6.07, 6.45) is 1.77. The topological polar surface area (TPSA) is 46.6 Å². The van der Waals surface area contributed by atoms with Crippen molar-refractivity contribution in [1.82, 2.24) is 4.31 Å². The predicted molar refractivity (Wildman–Crippen MR) is 80.2 cm³/mol. The van der Waals surface area contributed by atoms with Gasteiger partial charge in [0.2, 0.25) is 10.0 Å². The molecule has 1 aromatic carbocycles. The van der Waals surface area contributed by atoms with E-state index in [2.05, 4.69) is 0 Å². The van der Waals surface area contributed by atoms with Crippen molar-refractivity contribution < 1.29 is 13.2 Å². The third kappa shape index (κ3) is 3.95. The number of benzene rings is 1. The van der Waals surface area contributed by atoms with E-state index in [1.54, 1.807) is 7.11 Å².